The average Bonchev–Trinajstić information content (AvgIpc) is 3.22. The Morgan fingerprint density at radius 1 is 1.58 bits per heavy atom. The van der Waals surface area contributed by atoms with Crippen molar-refractivity contribution in [3.63, 3.8) is 0 Å². The van der Waals surface area contributed by atoms with E-state index in [0.717, 1.165) is 5.56 Å². The van der Waals surface area contributed by atoms with E-state index in [1.807, 2.05) is 6.92 Å². The number of hydrogen-bond acceptors (Lipinski definition) is 3. The molecule has 5 heteroatoms. The normalized spacial score (nSPS) is 15.9. The fourth-order valence-corrected chi connectivity index (χ4v) is 2.03. The molecule has 1 amide bonds. The average molecular weight is 283 g/mol. The van der Waals surface area contributed by atoms with Gasteiger partial charge in [0.1, 0.15) is 5.75 Å². The molecule has 1 saturated carbocycles. The monoisotopic (exact) mass is 282 g/mol. The van der Waals surface area contributed by atoms with Gasteiger partial charge < -0.3 is 15.8 Å². The van der Waals surface area contributed by atoms with Gasteiger partial charge >= 0.3 is 0 Å². The highest BCUT2D eigenvalue weighted by Crippen LogP contribution is 2.31. The van der Waals surface area contributed by atoms with Crippen LogP contribution in [0, 0.1) is 12.8 Å². The molecule has 2 rings (SSSR count). The maximum Gasteiger partial charge on any atom is 0.257 e. The number of halogens is 1. The zero-order valence-electron chi connectivity index (χ0n) is 11.0. The molecule has 1 fully saturated rings. The van der Waals surface area contributed by atoms with Crippen molar-refractivity contribution >= 4 is 17.5 Å². The van der Waals surface area contributed by atoms with Crippen LogP contribution in [0.3, 0.4) is 0 Å². The number of benzene rings is 1. The molecule has 1 aliphatic carbocycles. The highest BCUT2D eigenvalue weighted by Gasteiger charge is 2.28. The number of amides is 1. The largest absolute Gasteiger partial charge is 0.483 e. The minimum atomic E-state index is -0.157. The minimum absolute atomic E-state index is 0.0153. The Morgan fingerprint density at radius 3 is 3.00 bits per heavy atom. The maximum absolute atomic E-state index is 11.6. The van der Waals surface area contributed by atoms with Crippen molar-refractivity contribution in [2.24, 2.45) is 11.7 Å². The topological polar surface area (TPSA) is 64.3 Å². The van der Waals surface area contributed by atoms with E-state index >= 15 is 0 Å². The summed E-state index contributed by atoms with van der Waals surface area (Å²) in [5, 5.41) is 3.42. The molecule has 1 unspecified atom stereocenters. The van der Waals surface area contributed by atoms with E-state index in [0.29, 0.717) is 23.2 Å². The van der Waals surface area contributed by atoms with Gasteiger partial charge in [0, 0.05) is 23.2 Å². The van der Waals surface area contributed by atoms with Crippen LogP contribution in [-0.4, -0.2) is 25.1 Å². The first-order chi connectivity index (χ1) is 9.08. The zero-order chi connectivity index (χ0) is 13.8. The van der Waals surface area contributed by atoms with Crippen molar-refractivity contribution in [3.05, 3.63) is 28.8 Å². The van der Waals surface area contributed by atoms with Crippen molar-refractivity contribution in [1.82, 2.24) is 5.32 Å². The van der Waals surface area contributed by atoms with Crippen LogP contribution in [0.1, 0.15) is 18.4 Å². The fourth-order valence-electron chi connectivity index (χ4n) is 1.86. The molecule has 0 heterocycles. The van der Waals surface area contributed by atoms with Crippen LogP contribution in [0.25, 0.3) is 0 Å². The Kier molecular flexibility index (Phi) is 4.66. The summed E-state index contributed by atoms with van der Waals surface area (Å²) < 4.78 is 5.45. The molecule has 0 saturated heterocycles. The molecule has 0 radical (unpaired) electrons. The number of hydrogen-bond donors (Lipinski definition) is 2. The van der Waals surface area contributed by atoms with Gasteiger partial charge in [0.2, 0.25) is 0 Å². The summed E-state index contributed by atoms with van der Waals surface area (Å²) in [6.45, 7) is 2.36. The minimum Gasteiger partial charge on any atom is -0.483 e. The van der Waals surface area contributed by atoms with Crippen molar-refractivity contribution in [1.29, 1.82) is 0 Å². The Hall–Kier alpha value is -1.26. The van der Waals surface area contributed by atoms with E-state index in [1.54, 1.807) is 18.2 Å². The lowest BCUT2D eigenvalue weighted by atomic mass is 10.2. The summed E-state index contributed by atoms with van der Waals surface area (Å²) in [5.74, 6) is 1.06. The van der Waals surface area contributed by atoms with E-state index in [2.05, 4.69) is 5.32 Å². The van der Waals surface area contributed by atoms with Crippen molar-refractivity contribution < 1.29 is 9.53 Å². The second kappa shape index (κ2) is 6.26. The molecular formula is C14H19ClN2O2. The third-order valence-electron chi connectivity index (χ3n) is 3.34. The predicted octanol–water partition coefficient (Wildman–Crippen LogP) is 1.88. The van der Waals surface area contributed by atoms with E-state index < -0.39 is 0 Å². The number of carbonyl (C=O) groups is 1. The quantitative estimate of drug-likeness (QED) is 0.837. The molecular weight excluding hydrogens is 264 g/mol. The van der Waals surface area contributed by atoms with Gasteiger partial charge in [-0.25, -0.2) is 0 Å². The molecule has 19 heavy (non-hydrogen) atoms. The molecule has 0 bridgehead atoms. The Bertz CT molecular complexity index is 461. The summed E-state index contributed by atoms with van der Waals surface area (Å²) in [4.78, 5) is 11.6. The highest BCUT2D eigenvalue weighted by molar-refractivity contribution is 6.31. The van der Waals surface area contributed by atoms with Crippen LogP contribution in [0.5, 0.6) is 5.75 Å². The first kappa shape index (κ1) is 14.2. The van der Waals surface area contributed by atoms with Crippen molar-refractivity contribution in [2.75, 3.05) is 13.2 Å². The third-order valence-corrected chi connectivity index (χ3v) is 3.75. The lowest BCUT2D eigenvalue weighted by molar-refractivity contribution is -0.123. The van der Waals surface area contributed by atoms with Gasteiger partial charge in [-0.05, 0) is 37.8 Å². The van der Waals surface area contributed by atoms with Gasteiger partial charge in [0.15, 0.2) is 6.61 Å². The molecule has 1 aromatic carbocycles. The van der Waals surface area contributed by atoms with Crippen molar-refractivity contribution in [3.8, 4) is 5.75 Å². The van der Waals surface area contributed by atoms with E-state index in [4.69, 9.17) is 22.1 Å². The van der Waals surface area contributed by atoms with Gasteiger partial charge in [-0.2, -0.15) is 0 Å². The Balaban J connectivity index is 1.75. The third kappa shape index (κ3) is 4.11. The Morgan fingerprint density at radius 2 is 2.32 bits per heavy atom. The van der Waals surface area contributed by atoms with Crippen LogP contribution in [-0.2, 0) is 4.79 Å². The highest BCUT2D eigenvalue weighted by atomic mass is 35.5. The lowest BCUT2D eigenvalue weighted by Crippen LogP contribution is -2.40. The van der Waals surface area contributed by atoms with Gasteiger partial charge in [0.05, 0.1) is 0 Å². The van der Waals surface area contributed by atoms with Gasteiger partial charge in [0.25, 0.3) is 5.91 Å². The Labute approximate surface area is 118 Å². The first-order valence-electron chi connectivity index (χ1n) is 6.48. The number of rotatable bonds is 6. The number of nitrogens with two attached hydrogens (primary N) is 1. The van der Waals surface area contributed by atoms with E-state index in [-0.39, 0.29) is 18.6 Å². The summed E-state index contributed by atoms with van der Waals surface area (Å²) in [6, 6.07) is 5.45. The second-order valence-corrected chi connectivity index (χ2v) is 5.36. The van der Waals surface area contributed by atoms with Crippen LogP contribution < -0.4 is 15.8 Å². The number of ether oxygens (including phenoxy) is 1. The van der Waals surface area contributed by atoms with Crippen LogP contribution in [0.15, 0.2) is 18.2 Å². The number of carbonyl (C=O) groups excluding carboxylic acids is 1. The first-order valence-corrected chi connectivity index (χ1v) is 6.86. The fraction of sp³-hybridized carbons (Fsp3) is 0.500. The molecule has 0 spiro atoms. The molecule has 104 valence electrons. The summed E-state index contributed by atoms with van der Waals surface area (Å²) in [5.41, 5.74) is 6.75. The smallest absolute Gasteiger partial charge is 0.257 e. The second-order valence-electron chi connectivity index (χ2n) is 4.96. The standard InChI is InChI=1S/C14H19ClN2O2/c1-9-11(15)3-2-4-13(9)19-8-14(18)17-7-12(16)10-5-6-10/h2-4,10,12H,5-8,16H2,1H3,(H,17,18). The van der Waals surface area contributed by atoms with Crippen LogP contribution in [0.4, 0.5) is 0 Å². The van der Waals surface area contributed by atoms with Crippen LogP contribution >= 0.6 is 11.6 Å². The van der Waals surface area contributed by atoms with Crippen LogP contribution in [0.2, 0.25) is 5.02 Å². The molecule has 1 aliphatic rings. The predicted molar refractivity (Wildman–Crippen MR) is 75.4 cm³/mol. The van der Waals surface area contributed by atoms with E-state index in [9.17, 15) is 4.79 Å². The SMILES string of the molecule is Cc1c(Cl)cccc1OCC(=O)NCC(N)C1CC1. The van der Waals surface area contributed by atoms with Crippen molar-refractivity contribution in [2.45, 2.75) is 25.8 Å². The molecule has 1 atom stereocenters. The van der Waals surface area contributed by atoms with Gasteiger partial charge in [-0.3, -0.25) is 4.79 Å². The molecule has 0 aliphatic heterocycles. The molecule has 3 N–H and O–H groups in total. The summed E-state index contributed by atoms with van der Waals surface area (Å²) in [6.07, 6.45) is 2.35. The zero-order valence-corrected chi connectivity index (χ0v) is 11.7. The molecule has 0 aromatic heterocycles. The number of nitrogens with one attached hydrogen (secondary N) is 1. The maximum atomic E-state index is 11.6. The van der Waals surface area contributed by atoms with Gasteiger partial charge in [-0.15, -0.1) is 0 Å². The molecule has 4 nitrogen and oxygen atoms in total. The lowest BCUT2D eigenvalue weighted by Gasteiger charge is -2.13. The van der Waals surface area contributed by atoms with Gasteiger partial charge in [-0.1, -0.05) is 17.7 Å². The van der Waals surface area contributed by atoms with E-state index in [1.165, 1.54) is 12.8 Å². The molecule has 1 aromatic rings. The summed E-state index contributed by atoms with van der Waals surface area (Å²) >= 11 is 5.98. The summed E-state index contributed by atoms with van der Waals surface area (Å²) in [7, 11) is 0.